The summed E-state index contributed by atoms with van der Waals surface area (Å²) >= 11 is 0. The molecule has 0 spiro atoms. The molecule has 2 aliphatic heterocycles. The Labute approximate surface area is 119 Å². The fraction of sp³-hybridized carbons (Fsp3) is 0.533. The van der Waals surface area contributed by atoms with Gasteiger partial charge in [0, 0.05) is 33.3 Å². The van der Waals surface area contributed by atoms with Crippen molar-refractivity contribution >= 4 is 16.6 Å². The molecule has 0 aromatic heterocycles. The Balaban J connectivity index is 1.83. The van der Waals surface area contributed by atoms with E-state index < -0.39 is 22.4 Å². The number of hydrogen-bond donors (Lipinski definition) is 0. The molecule has 2 unspecified atom stereocenters. The Morgan fingerprint density at radius 2 is 1.80 bits per heavy atom. The van der Waals surface area contributed by atoms with Crippen LogP contribution in [0.5, 0.6) is 0 Å². The molecular weight excluding hydrogens is 282 g/mol. The normalized spacial score (nSPS) is 32.9. The molecule has 1 aromatic rings. The molecule has 0 saturated carbocycles. The molecule has 1 aromatic carbocycles. The van der Waals surface area contributed by atoms with Crippen LogP contribution in [0.25, 0.3) is 0 Å². The lowest BCUT2D eigenvalue weighted by molar-refractivity contribution is 0.0891. The van der Waals surface area contributed by atoms with Gasteiger partial charge in [0.05, 0.1) is 5.56 Å². The van der Waals surface area contributed by atoms with E-state index in [0.717, 1.165) is 31.4 Å². The summed E-state index contributed by atoms with van der Waals surface area (Å²) < 4.78 is 38.7. The predicted molar refractivity (Wildman–Crippen MR) is 73.0 cm³/mol. The molecule has 2 bridgehead atoms. The summed E-state index contributed by atoms with van der Waals surface area (Å²) in [7, 11) is -0.845. The largest absolute Gasteiger partial charge is 0.294 e. The van der Waals surface area contributed by atoms with Crippen LogP contribution in [0.1, 0.15) is 42.5 Å². The van der Waals surface area contributed by atoms with E-state index in [2.05, 4.69) is 0 Å². The number of benzene rings is 1. The van der Waals surface area contributed by atoms with Crippen LogP contribution in [-0.4, -0.2) is 20.5 Å². The van der Waals surface area contributed by atoms with E-state index in [1.54, 1.807) is 0 Å². The van der Waals surface area contributed by atoms with Gasteiger partial charge in [0.15, 0.2) is 5.78 Å². The minimum absolute atomic E-state index is 0.0397. The minimum Gasteiger partial charge on any atom is -0.294 e. The zero-order chi connectivity index (χ0) is 14.3. The van der Waals surface area contributed by atoms with Crippen molar-refractivity contribution in [1.29, 1.82) is 0 Å². The molecule has 3 rings (SSSR count). The van der Waals surface area contributed by atoms with E-state index >= 15 is 0 Å². The standard InChI is InChI=1S/C15H16F2O2S/c16-10-4-5-13(14(17)8-10)15(18)9-6-11-2-1-3-12(7-9)20(11)19/h4-5,8-9,11-12H,1-3,6-7H2. The van der Waals surface area contributed by atoms with Crippen molar-refractivity contribution in [2.45, 2.75) is 42.6 Å². The third-order valence-corrected chi connectivity index (χ3v) is 6.54. The molecule has 2 aliphatic rings. The molecule has 2 saturated heterocycles. The Kier molecular flexibility index (Phi) is 3.71. The molecule has 0 aliphatic carbocycles. The number of hydrogen-bond acceptors (Lipinski definition) is 2. The number of rotatable bonds is 2. The van der Waals surface area contributed by atoms with E-state index in [4.69, 9.17) is 0 Å². The first-order valence-electron chi connectivity index (χ1n) is 6.95. The van der Waals surface area contributed by atoms with E-state index in [9.17, 15) is 17.8 Å². The van der Waals surface area contributed by atoms with Crippen LogP contribution in [0.2, 0.25) is 0 Å². The first-order chi connectivity index (χ1) is 9.56. The van der Waals surface area contributed by atoms with Gasteiger partial charge in [-0.3, -0.25) is 9.00 Å². The first kappa shape index (κ1) is 13.9. The number of carbonyl (C=O) groups is 1. The number of halogens is 2. The lowest BCUT2D eigenvalue weighted by Gasteiger charge is -2.37. The molecule has 2 nitrogen and oxygen atoms in total. The van der Waals surface area contributed by atoms with Crippen LogP contribution in [0.4, 0.5) is 8.78 Å². The Hall–Kier alpha value is -1.10. The van der Waals surface area contributed by atoms with E-state index in [0.29, 0.717) is 12.8 Å². The molecule has 108 valence electrons. The number of ketones is 1. The van der Waals surface area contributed by atoms with Gasteiger partial charge < -0.3 is 0 Å². The van der Waals surface area contributed by atoms with Gasteiger partial charge in [0.1, 0.15) is 11.6 Å². The first-order valence-corrected chi connectivity index (χ1v) is 8.22. The predicted octanol–water partition coefficient (Wildman–Crippen LogP) is 3.23. The highest BCUT2D eigenvalue weighted by Crippen LogP contribution is 2.38. The van der Waals surface area contributed by atoms with Crippen molar-refractivity contribution in [2.24, 2.45) is 5.92 Å². The highest BCUT2D eigenvalue weighted by molar-refractivity contribution is 7.86. The van der Waals surface area contributed by atoms with Crippen molar-refractivity contribution < 1.29 is 17.8 Å². The summed E-state index contributed by atoms with van der Waals surface area (Å²) in [5, 5.41) is 0.139. The topological polar surface area (TPSA) is 34.1 Å². The average Bonchev–Trinajstić information content (AvgIpc) is 2.37. The fourth-order valence-electron chi connectivity index (χ4n) is 3.36. The van der Waals surface area contributed by atoms with E-state index in [-0.39, 0.29) is 27.8 Å². The van der Waals surface area contributed by atoms with Crippen LogP contribution < -0.4 is 0 Å². The van der Waals surface area contributed by atoms with Crippen molar-refractivity contribution in [3.63, 3.8) is 0 Å². The van der Waals surface area contributed by atoms with Crippen LogP contribution in [0.15, 0.2) is 18.2 Å². The number of Topliss-reactive ketones (excluding diaryl/α,β-unsaturated/α-hetero) is 1. The lowest BCUT2D eigenvalue weighted by Crippen LogP contribution is -2.41. The summed E-state index contributed by atoms with van der Waals surface area (Å²) in [6, 6.07) is 3.07. The second kappa shape index (κ2) is 5.35. The summed E-state index contributed by atoms with van der Waals surface area (Å²) in [5.41, 5.74) is -0.0397. The second-order valence-electron chi connectivity index (χ2n) is 5.66. The van der Waals surface area contributed by atoms with Crippen molar-refractivity contribution in [3.05, 3.63) is 35.4 Å². The van der Waals surface area contributed by atoms with Gasteiger partial charge in [-0.15, -0.1) is 0 Å². The lowest BCUT2D eigenvalue weighted by atomic mass is 9.84. The third kappa shape index (κ3) is 2.43. The molecular formula is C15H16F2O2S. The third-order valence-electron chi connectivity index (χ3n) is 4.37. The molecule has 0 N–H and O–H groups in total. The SMILES string of the molecule is O=C(c1ccc(F)cc1F)C1CC2CCCC(C1)S2=O. The van der Waals surface area contributed by atoms with Gasteiger partial charge in [-0.1, -0.05) is 6.42 Å². The molecule has 5 heteroatoms. The van der Waals surface area contributed by atoms with Crippen LogP contribution in [0, 0.1) is 17.6 Å². The average molecular weight is 298 g/mol. The van der Waals surface area contributed by atoms with Gasteiger partial charge in [0.25, 0.3) is 0 Å². The highest BCUT2D eigenvalue weighted by Gasteiger charge is 2.40. The van der Waals surface area contributed by atoms with Crippen molar-refractivity contribution in [3.8, 4) is 0 Å². The number of carbonyl (C=O) groups excluding carboxylic acids is 1. The van der Waals surface area contributed by atoms with Gasteiger partial charge in [-0.05, 0) is 37.8 Å². The van der Waals surface area contributed by atoms with Crippen molar-refractivity contribution in [2.75, 3.05) is 0 Å². The second-order valence-corrected chi connectivity index (χ2v) is 7.65. The number of fused-ring (bicyclic) bond motifs is 2. The summed E-state index contributed by atoms with van der Waals surface area (Å²) in [6.45, 7) is 0. The Morgan fingerprint density at radius 1 is 1.15 bits per heavy atom. The van der Waals surface area contributed by atoms with Gasteiger partial charge in [-0.2, -0.15) is 0 Å². The maximum atomic E-state index is 13.7. The molecule has 2 atom stereocenters. The van der Waals surface area contributed by atoms with Crippen LogP contribution >= 0.6 is 0 Å². The smallest absolute Gasteiger partial charge is 0.168 e. The van der Waals surface area contributed by atoms with Gasteiger partial charge in [-0.25, -0.2) is 8.78 Å². The van der Waals surface area contributed by atoms with Gasteiger partial charge >= 0.3 is 0 Å². The molecule has 20 heavy (non-hydrogen) atoms. The van der Waals surface area contributed by atoms with Crippen LogP contribution in [-0.2, 0) is 10.8 Å². The monoisotopic (exact) mass is 298 g/mol. The molecule has 0 radical (unpaired) electrons. The van der Waals surface area contributed by atoms with Gasteiger partial charge in [0.2, 0.25) is 0 Å². The zero-order valence-electron chi connectivity index (χ0n) is 11.0. The maximum absolute atomic E-state index is 13.7. The summed E-state index contributed by atoms with van der Waals surface area (Å²) in [4.78, 5) is 12.4. The molecule has 0 amide bonds. The Morgan fingerprint density at radius 3 is 2.40 bits per heavy atom. The molecule has 2 fully saturated rings. The summed E-state index contributed by atoms with van der Waals surface area (Å²) in [6.07, 6.45) is 3.97. The highest BCUT2D eigenvalue weighted by atomic mass is 32.2. The zero-order valence-corrected chi connectivity index (χ0v) is 11.8. The fourth-order valence-corrected chi connectivity index (χ4v) is 5.54. The quantitative estimate of drug-likeness (QED) is 0.786. The summed E-state index contributed by atoms with van der Waals surface area (Å²) in [5.74, 6) is -2.02. The van der Waals surface area contributed by atoms with Crippen molar-refractivity contribution in [1.82, 2.24) is 0 Å². The van der Waals surface area contributed by atoms with Crippen LogP contribution in [0.3, 0.4) is 0 Å². The van der Waals surface area contributed by atoms with E-state index in [1.165, 1.54) is 6.07 Å². The van der Waals surface area contributed by atoms with E-state index in [1.807, 2.05) is 0 Å². The maximum Gasteiger partial charge on any atom is 0.168 e. The Bertz CT molecular complexity index is 557. The minimum atomic E-state index is -0.845. The molecule has 2 heterocycles.